The smallest absolute Gasteiger partial charge is 0.472 e. The number of hydrogen-bond donors (Lipinski definition) is 4. The van der Waals surface area contributed by atoms with Gasteiger partial charge in [0.05, 0.1) is 52.3 Å². The molecular weight excluding hydrogens is 757 g/mol. The summed E-state index contributed by atoms with van der Waals surface area (Å²) in [6.07, 6.45) is 33.7. The second-order valence-corrected chi connectivity index (χ2v) is 18.9. The Bertz CT molecular complexity index is 1140. The van der Waals surface area contributed by atoms with Gasteiger partial charge < -0.3 is 34.2 Å². The molecule has 0 bridgehead atoms. The predicted molar refractivity (Wildman–Crippen MR) is 235 cm³/mol. The molecule has 0 heterocycles. The molecule has 4 N–H and O–H groups in total. The van der Waals surface area contributed by atoms with Gasteiger partial charge in [0.2, 0.25) is 0 Å². The molecule has 0 aromatic rings. The van der Waals surface area contributed by atoms with Crippen LogP contribution in [0.3, 0.4) is 0 Å². The average Bonchev–Trinajstić information content (AvgIpc) is 3.44. The van der Waals surface area contributed by atoms with Crippen LogP contribution < -0.4 is 0 Å². The topological polar surface area (TPSA) is 152 Å². The van der Waals surface area contributed by atoms with Gasteiger partial charge in [-0.25, -0.2) is 4.57 Å². The van der Waals surface area contributed by atoms with Gasteiger partial charge in [-0.3, -0.25) is 13.8 Å². The van der Waals surface area contributed by atoms with E-state index in [2.05, 4.69) is 13.8 Å². The molecule has 0 saturated heterocycles. The third kappa shape index (κ3) is 30.5. The molecule has 0 aliphatic heterocycles. The molecular formula is C46H87NO10P+. The highest BCUT2D eigenvalue weighted by atomic mass is 31.2. The van der Waals surface area contributed by atoms with Crippen LogP contribution in [0.1, 0.15) is 168 Å². The Labute approximate surface area is 353 Å². The number of phosphoric acid groups is 1. The molecule has 7 atom stereocenters. The summed E-state index contributed by atoms with van der Waals surface area (Å²) in [5.74, 6) is -0.764. The molecule has 11 nitrogen and oxygen atoms in total. The van der Waals surface area contributed by atoms with Crippen LogP contribution in [0.4, 0.5) is 0 Å². The number of aliphatic hydroxyl groups is 3. The maximum absolute atomic E-state index is 12.6. The lowest BCUT2D eigenvalue weighted by molar-refractivity contribution is -0.870. The van der Waals surface area contributed by atoms with Crippen molar-refractivity contribution in [1.82, 2.24) is 0 Å². The van der Waals surface area contributed by atoms with Gasteiger partial charge >= 0.3 is 13.8 Å². The second-order valence-electron chi connectivity index (χ2n) is 17.5. The molecule has 340 valence electrons. The van der Waals surface area contributed by atoms with E-state index in [4.69, 9.17) is 18.5 Å². The van der Waals surface area contributed by atoms with Crippen molar-refractivity contribution in [3.63, 3.8) is 0 Å². The number of rotatable bonds is 38. The van der Waals surface area contributed by atoms with Crippen LogP contribution in [0.5, 0.6) is 0 Å². The van der Waals surface area contributed by atoms with Crippen LogP contribution >= 0.6 is 7.82 Å². The number of likely N-dealkylation sites (N-methyl/N-ethyl adjacent to an activating group) is 1. The van der Waals surface area contributed by atoms with Gasteiger partial charge in [-0.2, -0.15) is 0 Å². The lowest BCUT2D eigenvalue weighted by Gasteiger charge is -2.24. The number of unbranched alkanes of at least 4 members (excludes halogenated alkanes) is 17. The van der Waals surface area contributed by atoms with Crippen LogP contribution in [-0.2, 0) is 27.9 Å². The number of carbonyl (C=O) groups is 1. The van der Waals surface area contributed by atoms with Gasteiger partial charge in [0, 0.05) is 18.8 Å². The van der Waals surface area contributed by atoms with E-state index in [1.165, 1.54) is 77.0 Å². The van der Waals surface area contributed by atoms with Gasteiger partial charge in [0.1, 0.15) is 19.8 Å². The summed E-state index contributed by atoms with van der Waals surface area (Å²) >= 11 is 0. The summed E-state index contributed by atoms with van der Waals surface area (Å²) < 4.78 is 34.7. The fourth-order valence-electron chi connectivity index (χ4n) is 7.12. The Balaban J connectivity index is 2.45. The van der Waals surface area contributed by atoms with Gasteiger partial charge in [0.15, 0.2) is 6.10 Å². The molecule has 12 heteroatoms. The number of esters is 1. The number of ether oxygens (including phenoxy) is 2. The minimum absolute atomic E-state index is 0.0511. The van der Waals surface area contributed by atoms with Gasteiger partial charge in [-0.05, 0) is 50.5 Å². The lowest BCUT2D eigenvalue weighted by Crippen LogP contribution is -2.37. The van der Waals surface area contributed by atoms with E-state index in [0.29, 0.717) is 43.1 Å². The van der Waals surface area contributed by atoms with Crippen LogP contribution in [-0.4, -0.2) is 103 Å². The maximum Gasteiger partial charge on any atom is 0.472 e. The van der Waals surface area contributed by atoms with Gasteiger partial charge in [-0.15, -0.1) is 0 Å². The second kappa shape index (κ2) is 34.1. The van der Waals surface area contributed by atoms with Crippen molar-refractivity contribution in [2.24, 2.45) is 11.8 Å². The Morgan fingerprint density at radius 1 is 0.759 bits per heavy atom. The van der Waals surface area contributed by atoms with Gasteiger partial charge in [-0.1, -0.05) is 141 Å². The van der Waals surface area contributed by atoms with E-state index in [9.17, 15) is 29.6 Å². The molecule has 0 amide bonds. The van der Waals surface area contributed by atoms with Crippen LogP contribution in [0.15, 0.2) is 36.6 Å². The van der Waals surface area contributed by atoms with Crippen molar-refractivity contribution in [3.8, 4) is 0 Å². The number of carbonyl (C=O) groups excluding carboxylic acids is 1. The van der Waals surface area contributed by atoms with Crippen molar-refractivity contribution >= 4 is 13.8 Å². The number of aliphatic hydroxyl groups excluding tert-OH is 3. The average molecular weight is 845 g/mol. The summed E-state index contributed by atoms with van der Waals surface area (Å²) in [5.41, 5.74) is 0. The molecule has 1 fully saturated rings. The third-order valence-electron chi connectivity index (χ3n) is 10.9. The molecule has 1 aliphatic carbocycles. The Kier molecular flexibility index (Phi) is 32.0. The quantitative estimate of drug-likeness (QED) is 0.0118. The fourth-order valence-corrected chi connectivity index (χ4v) is 7.86. The number of phosphoric ester groups is 1. The zero-order valence-corrected chi connectivity index (χ0v) is 38.3. The van der Waals surface area contributed by atoms with Crippen molar-refractivity contribution in [2.75, 3.05) is 47.5 Å². The highest BCUT2D eigenvalue weighted by Crippen LogP contribution is 2.43. The number of hydrogen-bond acceptors (Lipinski definition) is 9. The van der Waals surface area contributed by atoms with Crippen molar-refractivity contribution in [1.29, 1.82) is 0 Å². The highest BCUT2D eigenvalue weighted by molar-refractivity contribution is 7.47. The Morgan fingerprint density at radius 3 is 1.97 bits per heavy atom. The monoisotopic (exact) mass is 845 g/mol. The zero-order valence-electron chi connectivity index (χ0n) is 37.4. The standard InChI is InChI=1S/C46H86NO10P/c1-6-8-10-11-12-13-14-15-16-17-18-19-20-21-24-28-35-54-41(39-57-58(52,53)56-36-34-47(3,4)5)38-55-46(51)31-27-23-22-26-30-42-43(45(50)37-44(42)49)33-32-40(48)29-25-9-7-2/h22,26,28,32-33,35,40-45,48-50H,6-21,23-25,27,29-31,34,36-39H2,1-5H3/p+1/b26-22+,33-32+,35-28+/t40-,41+,42+,43+,44-,45+/m0/s1. The first-order valence-electron chi connectivity index (χ1n) is 23.0. The van der Waals surface area contributed by atoms with E-state index in [1.54, 1.807) is 12.3 Å². The summed E-state index contributed by atoms with van der Waals surface area (Å²) in [5, 5.41) is 31.4. The molecule has 1 rings (SSSR count). The zero-order chi connectivity index (χ0) is 42.9. The molecule has 1 saturated carbocycles. The third-order valence-corrected chi connectivity index (χ3v) is 11.8. The number of quaternary nitrogens is 1. The highest BCUT2D eigenvalue weighted by Gasteiger charge is 2.39. The SMILES string of the molecule is CCCCCCCCCCCCCCCC/C=C/O[C@H](COC(=O)CCC/C=C/C[C@@H]1[C@@H](/C=C/[C@@H](O)CCCCC)[C@H](O)C[C@@H]1O)COP(=O)(O)OCC[N+](C)(C)C. The summed E-state index contributed by atoms with van der Waals surface area (Å²) in [7, 11) is 1.54. The molecule has 1 aliphatic rings. The normalized spacial score (nSPS) is 21.0. The molecule has 0 aromatic carbocycles. The molecule has 1 unspecified atom stereocenters. The Hall–Kier alpha value is -1.56. The first-order chi connectivity index (χ1) is 27.8. The molecule has 58 heavy (non-hydrogen) atoms. The summed E-state index contributed by atoms with van der Waals surface area (Å²) in [6, 6.07) is 0. The van der Waals surface area contributed by atoms with E-state index in [-0.39, 0.29) is 38.1 Å². The van der Waals surface area contributed by atoms with Crippen molar-refractivity contribution < 1.29 is 52.6 Å². The van der Waals surface area contributed by atoms with E-state index >= 15 is 0 Å². The summed E-state index contributed by atoms with van der Waals surface area (Å²) in [4.78, 5) is 22.8. The number of allylic oxidation sites excluding steroid dienone is 3. The van der Waals surface area contributed by atoms with Crippen LogP contribution in [0, 0.1) is 11.8 Å². The van der Waals surface area contributed by atoms with E-state index < -0.39 is 38.2 Å². The van der Waals surface area contributed by atoms with E-state index in [0.717, 1.165) is 38.5 Å². The largest absolute Gasteiger partial charge is 0.492 e. The first kappa shape index (κ1) is 54.5. The number of nitrogens with zero attached hydrogens (tertiary/aromatic N) is 1. The molecule has 0 radical (unpaired) electrons. The minimum Gasteiger partial charge on any atom is -0.492 e. The molecule has 0 spiro atoms. The van der Waals surface area contributed by atoms with E-state index in [1.807, 2.05) is 45.4 Å². The van der Waals surface area contributed by atoms with Crippen LogP contribution in [0.2, 0.25) is 0 Å². The summed E-state index contributed by atoms with van der Waals surface area (Å²) in [6.45, 7) is 4.54. The minimum atomic E-state index is -4.33. The Morgan fingerprint density at radius 2 is 1.34 bits per heavy atom. The molecule has 0 aromatic heterocycles. The predicted octanol–water partition coefficient (Wildman–Crippen LogP) is 10.1. The maximum atomic E-state index is 12.6. The van der Waals surface area contributed by atoms with Crippen molar-refractivity contribution in [3.05, 3.63) is 36.6 Å². The van der Waals surface area contributed by atoms with Crippen LogP contribution in [0.25, 0.3) is 0 Å². The van der Waals surface area contributed by atoms with Crippen molar-refractivity contribution in [2.45, 2.75) is 192 Å². The first-order valence-corrected chi connectivity index (χ1v) is 24.5. The van der Waals surface area contributed by atoms with Gasteiger partial charge in [0.25, 0.3) is 0 Å². The fraction of sp³-hybridized carbons (Fsp3) is 0.848. The lowest BCUT2D eigenvalue weighted by atomic mass is 9.89.